The lowest BCUT2D eigenvalue weighted by atomic mass is 10.1. The highest BCUT2D eigenvalue weighted by molar-refractivity contribution is 6.05. The molecule has 1 amide bonds. The van der Waals surface area contributed by atoms with Gasteiger partial charge in [-0.05, 0) is 43.2 Å². The summed E-state index contributed by atoms with van der Waals surface area (Å²) in [5.41, 5.74) is 1.13. The highest BCUT2D eigenvalue weighted by Crippen LogP contribution is 2.29. The van der Waals surface area contributed by atoms with Crippen molar-refractivity contribution < 1.29 is 13.9 Å². The summed E-state index contributed by atoms with van der Waals surface area (Å²) < 4.78 is 20.0. The van der Waals surface area contributed by atoms with Gasteiger partial charge in [-0.25, -0.2) is 4.39 Å². The van der Waals surface area contributed by atoms with E-state index >= 15 is 0 Å². The Morgan fingerprint density at radius 3 is 2.67 bits per heavy atom. The average molecular weight is 331 g/mol. The third kappa shape index (κ3) is 3.64. The Labute approximate surface area is 141 Å². The van der Waals surface area contributed by atoms with E-state index in [1.807, 2.05) is 0 Å². The molecule has 1 heterocycles. The van der Waals surface area contributed by atoms with E-state index in [0.29, 0.717) is 18.8 Å². The number of hydrogen-bond donors (Lipinski definition) is 0. The zero-order valence-electron chi connectivity index (χ0n) is 13.8. The maximum atomic E-state index is 13.2. The van der Waals surface area contributed by atoms with Gasteiger partial charge in [0.1, 0.15) is 5.82 Å². The van der Waals surface area contributed by atoms with Gasteiger partial charge < -0.3 is 9.64 Å². The van der Waals surface area contributed by atoms with Crippen LogP contribution in [0.4, 0.5) is 10.1 Å². The Morgan fingerprint density at radius 2 is 2.00 bits per heavy atom. The summed E-state index contributed by atoms with van der Waals surface area (Å²) in [4.78, 5) is 14.8. The van der Waals surface area contributed by atoms with Crippen molar-refractivity contribution in [1.29, 1.82) is 0 Å². The summed E-state index contributed by atoms with van der Waals surface area (Å²) >= 11 is 0. The Morgan fingerprint density at radius 1 is 1.29 bits per heavy atom. The summed E-state index contributed by atoms with van der Waals surface area (Å²) in [7, 11) is 1.63. The van der Waals surface area contributed by atoms with Crippen molar-refractivity contribution in [2.45, 2.75) is 38.3 Å². The van der Waals surface area contributed by atoms with E-state index in [4.69, 9.17) is 4.74 Å². The predicted molar refractivity (Wildman–Crippen MR) is 89.6 cm³/mol. The molecule has 1 aromatic carbocycles. The van der Waals surface area contributed by atoms with Gasteiger partial charge in [0.2, 0.25) is 0 Å². The minimum absolute atomic E-state index is 0.135. The zero-order chi connectivity index (χ0) is 16.9. The van der Waals surface area contributed by atoms with Gasteiger partial charge in [-0.2, -0.15) is 5.10 Å². The van der Waals surface area contributed by atoms with Crippen molar-refractivity contribution in [3.8, 4) is 0 Å². The SMILES string of the molecule is COCCn1ccc(C(=O)N(c2ccc(F)cc2)C2CCCC2)n1. The number of nitrogens with zero attached hydrogens (tertiary/aromatic N) is 3. The second-order valence-electron chi connectivity index (χ2n) is 6.05. The first kappa shape index (κ1) is 16.6. The highest BCUT2D eigenvalue weighted by atomic mass is 19.1. The first-order chi connectivity index (χ1) is 11.7. The number of methoxy groups -OCH3 is 1. The van der Waals surface area contributed by atoms with Gasteiger partial charge in [0.15, 0.2) is 5.69 Å². The molecule has 0 N–H and O–H groups in total. The third-order valence-corrected chi connectivity index (χ3v) is 4.40. The molecule has 6 heteroatoms. The summed E-state index contributed by atoms with van der Waals surface area (Å²) in [6.45, 7) is 1.14. The molecule has 1 aliphatic carbocycles. The number of anilines is 1. The lowest BCUT2D eigenvalue weighted by Gasteiger charge is -2.28. The molecule has 1 fully saturated rings. The van der Waals surface area contributed by atoms with Crippen LogP contribution in [0.3, 0.4) is 0 Å². The van der Waals surface area contributed by atoms with E-state index in [-0.39, 0.29) is 17.8 Å². The molecule has 0 bridgehead atoms. The molecule has 0 saturated heterocycles. The first-order valence-corrected chi connectivity index (χ1v) is 8.30. The second kappa shape index (κ2) is 7.57. The number of carbonyl (C=O) groups excluding carboxylic acids is 1. The molecule has 0 radical (unpaired) electrons. The molecular formula is C18H22FN3O2. The first-order valence-electron chi connectivity index (χ1n) is 8.30. The van der Waals surface area contributed by atoms with E-state index in [9.17, 15) is 9.18 Å². The number of rotatable bonds is 6. The number of amides is 1. The lowest BCUT2D eigenvalue weighted by Crippen LogP contribution is -2.39. The smallest absolute Gasteiger partial charge is 0.279 e. The minimum Gasteiger partial charge on any atom is -0.383 e. The van der Waals surface area contributed by atoms with Gasteiger partial charge in [0.25, 0.3) is 5.91 Å². The molecule has 0 atom stereocenters. The Hall–Kier alpha value is -2.21. The molecular weight excluding hydrogens is 309 g/mol. The highest BCUT2D eigenvalue weighted by Gasteiger charge is 2.30. The molecule has 2 aromatic rings. The zero-order valence-corrected chi connectivity index (χ0v) is 13.8. The van der Waals surface area contributed by atoms with E-state index in [1.165, 1.54) is 12.1 Å². The quantitative estimate of drug-likeness (QED) is 0.816. The second-order valence-corrected chi connectivity index (χ2v) is 6.05. The van der Waals surface area contributed by atoms with Gasteiger partial charge in [0.05, 0.1) is 13.2 Å². The van der Waals surface area contributed by atoms with Gasteiger partial charge in [-0.15, -0.1) is 0 Å². The fourth-order valence-corrected chi connectivity index (χ4v) is 3.17. The van der Waals surface area contributed by atoms with Crippen molar-refractivity contribution >= 4 is 11.6 Å². The van der Waals surface area contributed by atoms with Gasteiger partial charge in [-0.3, -0.25) is 9.48 Å². The van der Waals surface area contributed by atoms with Crippen LogP contribution in [0, 0.1) is 5.82 Å². The van der Waals surface area contributed by atoms with Crippen molar-refractivity contribution in [3.05, 3.63) is 48.0 Å². The summed E-state index contributed by atoms with van der Waals surface area (Å²) in [6, 6.07) is 7.97. The van der Waals surface area contributed by atoms with Crippen LogP contribution in [-0.2, 0) is 11.3 Å². The maximum Gasteiger partial charge on any atom is 0.279 e. The molecule has 1 aromatic heterocycles. The average Bonchev–Trinajstić information content (AvgIpc) is 3.26. The van der Waals surface area contributed by atoms with Crippen molar-refractivity contribution in [1.82, 2.24) is 9.78 Å². The molecule has 1 aliphatic rings. The van der Waals surface area contributed by atoms with Crippen LogP contribution in [0.2, 0.25) is 0 Å². The molecule has 3 rings (SSSR count). The number of halogens is 1. The lowest BCUT2D eigenvalue weighted by molar-refractivity contribution is 0.0970. The fraction of sp³-hybridized carbons (Fsp3) is 0.444. The molecule has 24 heavy (non-hydrogen) atoms. The summed E-state index contributed by atoms with van der Waals surface area (Å²) in [5, 5.41) is 4.35. The molecule has 0 spiro atoms. The maximum absolute atomic E-state index is 13.2. The number of ether oxygens (including phenoxy) is 1. The van der Waals surface area contributed by atoms with Crippen molar-refractivity contribution in [2.75, 3.05) is 18.6 Å². The topological polar surface area (TPSA) is 47.4 Å². The van der Waals surface area contributed by atoms with Gasteiger partial charge in [-0.1, -0.05) is 12.8 Å². The van der Waals surface area contributed by atoms with E-state index in [0.717, 1.165) is 31.4 Å². The molecule has 5 nitrogen and oxygen atoms in total. The predicted octanol–water partition coefficient (Wildman–Crippen LogP) is 3.26. The van der Waals surface area contributed by atoms with Crippen molar-refractivity contribution in [3.63, 3.8) is 0 Å². The normalized spacial score (nSPS) is 14.9. The van der Waals surface area contributed by atoms with Crippen LogP contribution in [-0.4, -0.2) is 35.4 Å². The van der Waals surface area contributed by atoms with Crippen LogP contribution in [0.5, 0.6) is 0 Å². The largest absolute Gasteiger partial charge is 0.383 e. The van der Waals surface area contributed by atoms with Crippen LogP contribution >= 0.6 is 0 Å². The Balaban J connectivity index is 1.85. The molecule has 0 aliphatic heterocycles. The monoisotopic (exact) mass is 331 g/mol. The molecule has 1 saturated carbocycles. The molecule has 0 unspecified atom stereocenters. The van der Waals surface area contributed by atoms with Gasteiger partial charge >= 0.3 is 0 Å². The standard InChI is InChI=1S/C18H22FN3O2/c1-24-13-12-21-11-10-17(20-21)18(23)22(15-4-2-3-5-15)16-8-6-14(19)7-9-16/h6-11,15H,2-5,12-13H2,1H3. The van der Waals surface area contributed by atoms with E-state index in [1.54, 1.807) is 41.1 Å². The number of hydrogen-bond acceptors (Lipinski definition) is 3. The Kier molecular flexibility index (Phi) is 5.25. The number of benzene rings is 1. The van der Waals surface area contributed by atoms with Gasteiger partial charge in [0, 0.05) is 25.0 Å². The van der Waals surface area contributed by atoms with Crippen LogP contribution < -0.4 is 4.90 Å². The van der Waals surface area contributed by atoms with Crippen LogP contribution in [0.1, 0.15) is 36.2 Å². The minimum atomic E-state index is -0.304. The molecule has 128 valence electrons. The third-order valence-electron chi connectivity index (χ3n) is 4.40. The summed E-state index contributed by atoms with van der Waals surface area (Å²) in [6.07, 6.45) is 5.93. The fourth-order valence-electron chi connectivity index (χ4n) is 3.17. The van der Waals surface area contributed by atoms with Crippen LogP contribution in [0.15, 0.2) is 36.5 Å². The van der Waals surface area contributed by atoms with Crippen molar-refractivity contribution in [2.24, 2.45) is 0 Å². The number of aromatic nitrogens is 2. The Bertz CT molecular complexity index is 678. The van der Waals surface area contributed by atoms with E-state index in [2.05, 4.69) is 5.10 Å². The number of carbonyl (C=O) groups is 1. The summed E-state index contributed by atoms with van der Waals surface area (Å²) in [5.74, 6) is -0.439. The van der Waals surface area contributed by atoms with Crippen LogP contribution in [0.25, 0.3) is 0 Å². The van der Waals surface area contributed by atoms with E-state index < -0.39 is 0 Å².